The van der Waals surface area contributed by atoms with Crippen molar-refractivity contribution in [1.29, 1.82) is 0 Å². The Kier molecular flexibility index (Phi) is 6.92. The van der Waals surface area contributed by atoms with Crippen LogP contribution in [-0.4, -0.2) is 47.6 Å². The molecule has 0 bridgehead atoms. The van der Waals surface area contributed by atoms with Crippen molar-refractivity contribution in [1.82, 2.24) is 10.2 Å². The Balaban J connectivity index is 1.37. The Hall–Kier alpha value is -3.81. The first-order valence-electron chi connectivity index (χ1n) is 9.84. The molecule has 4 amide bonds. The monoisotopic (exact) mass is 422 g/mol. The van der Waals surface area contributed by atoms with Crippen molar-refractivity contribution in [3.05, 3.63) is 70.8 Å². The Morgan fingerprint density at radius 3 is 2.39 bits per heavy atom. The number of carbonyl (C=O) groups excluding carboxylic acids is 5. The predicted molar refractivity (Wildman–Crippen MR) is 110 cm³/mol. The molecule has 0 saturated heterocycles. The maximum atomic E-state index is 12.4. The van der Waals surface area contributed by atoms with Gasteiger partial charge in [-0.05, 0) is 31.0 Å². The summed E-state index contributed by atoms with van der Waals surface area (Å²) in [4.78, 5) is 61.3. The standard InChI is InChI=1S/C23H22N2O6/c1-15-9-10-17-18(12-15)23(30)25(22(17)29)11-5-8-21(28)31-14-20(27)24-19(26)13-16-6-3-2-4-7-16/h2-4,6-7,9-10,12H,5,8,11,13-14H2,1H3,(H,24,26,27). The van der Waals surface area contributed by atoms with Crippen LogP contribution in [-0.2, 0) is 25.5 Å². The van der Waals surface area contributed by atoms with Gasteiger partial charge >= 0.3 is 5.97 Å². The lowest BCUT2D eigenvalue weighted by atomic mass is 10.1. The minimum Gasteiger partial charge on any atom is -0.456 e. The zero-order chi connectivity index (χ0) is 22.4. The third kappa shape index (κ3) is 5.63. The number of aryl methyl sites for hydroxylation is 1. The quantitative estimate of drug-likeness (QED) is 0.513. The number of hydrogen-bond acceptors (Lipinski definition) is 6. The fraction of sp³-hybridized carbons (Fsp3) is 0.261. The molecule has 1 aliphatic heterocycles. The second kappa shape index (κ2) is 9.80. The van der Waals surface area contributed by atoms with Crippen molar-refractivity contribution in [3.63, 3.8) is 0 Å². The van der Waals surface area contributed by atoms with Crippen molar-refractivity contribution in [2.45, 2.75) is 26.2 Å². The van der Waals surface area contributed by atoms with E-state index < -0.39 is 24.4 Å². The summed E-state index contributed by atoms with van der Waals surface area (Å²) in [7, 11) is 0. The molecular formula is C23H22N2O6. The molecule has 8 nitrogen and oxygen atoms in total. The summed E-state index contributed by atoms with van der Waals surface area (Å²) < 4.78 is 4.86. The zero-order valence-electron chi connectivity index (χ0n) is 17.1. The molecule has 160 valence electrons. The van der Waals surface area contributed by atoms with Crippen molar-refractivity contribution in [2.24, 2.45) is 0 Å². The highest BCUT2D eigenvalue weighted by atomic mass is 16.5. The summed E-state index contributed by atoms with van der Waals surface area (Å²) in [5.74, 6) is -2.63. The van der Waals surface area contributed by atoms with Gasteiger partial charge in [0.15, 0.2) is 6.61 Å². The van der Waals surface area contributed by atoms with Crippen LogP contribution < -0.4 is 5.32 Å². The van der Waals surface area contributed by atoms with E-state index in [0.717, 1.165) is 16.0 Å². The molecule has 0 aromatic heterocycles. The maximum absolute atomic E-state index is 12.4. The molecule has 0 fully saturated rings. The smallest absolute Gasteiger partial charge is 0.306 e. The molecule has 1 heterocycles. The highest BCUT2D eigenvalue weighted by molar-refractivity contribution is 6.21. The van der Waals surface area contributed by atoms with Crippen molar-refractivity contribution in [3.8, 4) is 0 Å². The van der Waals surface area contributed by atoms with Gasteiger partial charge in [0.05, 0.1) is 17.5 Å². The molecular weight excluding hydrogens is 400 g/mol. The molecule has 0 saturated carbocycles. The molecule has 0 spiro atoms. The van der Waals surface area contributed by atoms with Crippen LogP contribution in [0, 0.1) is 6.92 Å². The average molecular weight is 422 g/mol. The van der Waals surface area contributed by atoms with E-state index in [4.69, 9.17) is 4.74 Å². The van der Waals surface area contributed by atoms with Crippen molar-refractivity contribution < 1.29 is 28.7 Å². The number of ether oxygens (including phenoxy) is 1. The molecule has 3 rings (SSSR count). The number of nitrogens with one attached hydrogen (secondary N) is 1. The van der Waals surface area contributed by atoms with Crippen LogP contribution in [0.15, 0.2) is 48.5 Å². The number of benzene rings is 2. The van der Waals surface area contributed by atoms with Crippen molar-refractivity contribution >= 4 is 29.6 Å². The van der Waals surface area contributed by atoms with Crippen LogP contribution in [0.25, 0.3) is 0 Å². The summed E-state index contributed by atoms with van der Waals surface area (Å²) in [6.07, 6.45) is 0.176. The first-order chi connectivity index (χ1) is 14.8. The predicted octanol–water partition coefficient (Wildman–Crippen LogP) is 1.80. The Bertz CT molecular complexity index is 1030. The third-order valence-electron chi connectivity index (χ3n) is 4.74. The Morgan fingerprint density at radius 2 is 1.65 bits per heavy atom. The van der Waals surface area contributed by atoms with E-state index in [2.05, 4.69) is 5.32 Å². The molecule has 0 atom stereocenters. The lowest BCUT2D eigenvalue weighted by Crippen LogP contribution is -2.35. The highest BCUT2D eigenvalue weighted by Crippen LogP contribution is 2.24. The Labute approximate surface area is 179 Å². The number of imide groups is 2. The first kappa shape index (κ1) is 21.9. The molecule has 0 aliphatic carbocycles. The molecule has 0 unspecified atom stereocenters. The highest BCUT2D eigenvalue weighted by Gasteiger charge is 2.35. The molecule has 1 N–H and O–H groups in total. The second-order valence-electron chi connectivity index (χ2n) is 7.21. The largest absolute Gasteiger partial charge is 0.456 e. The molecule has 31 heavy (non-hydrogen) atoms. The molecule has 0 radical (unpaired) electrons. The van der Waals surface area contributed by atoms with Gasteiger partial charge in [-0.2, -0.15) is 0 Å². The SMILES string of the molecule is Cc1ccc2c(c1)C(=O)N(CCCC(=O)OCC(=O)NC(=O)Cc1ccccc1)C2=O. The fourth-order valence-electron chi connectivity index (χ4n) is 3.22. The van der Waals surface area contributed by atoms with Crippen LogP contribution in [0.2, 0.25) is 0 Å². The van der Waals surface area contributed by atoms with Gasteiger partial charge in [0, 0.05) is 13.0 Å². The Morgan fingerprint density at radius 1 is 0.935 bits per heavy atom. The van der Waals surface area contributed by atoms with Gasteiger partial charge in [0.2, 0.25) is 5.91 Å². The number of esters is 1. The van der Waals surface area contributed by atoms with E-state index in [0.29, 0.717) is 11.1 Å². The average Bonchev–Trinajstić information content (AvgIpc) is 2.97. The van der Waals surface area contributed by atoms with Gasteiger partial charge in [-0.15, -0.1) is 0 Å². The number of rotatable bonds is 8. The number of hydrogen-bond donors (Lipinski definition) is 1. The summed E-state index contributed by atoms with van der Waals surface area (Å²) in [5, 5.41) is 2.16. The van der Waals surface area contributed by atoms with E-state index in [-0.39, 0.29) is 37.6 Å². The summed E-state index contributed by atoms with van der Waals surface area (Å²) in [6.45, 7) is 1.33. The fourth-order valence-corrected chi connectivity index (χ4v) is 3.22. The number of nitrogens with zero attached hydrogens (tertiary/aromatic N) is 1. The summed E-state index contributed by atoms with van der Waals surface area (Å²) >= 11 is 0. The number of amides is 4. The van der Waals surface area contributed by atoms with Crippen LogP contribution in [0.3, 0.4) is 0 Å². The minimum absolute atomic E-state index is 0.0420. The summed E-state index contributed by atoms with van der Waals surface area (Å²) in [6, 6.07) is 14.0. The van der Waals surface area contributed by atoms with Gasteiger partial charge in [-0.1, -0.05) is 42.0 Å². The van der Waals surface area contributed by atoms with E-state index in [1.54, 1.807) is 42.5 Å². The zero-order valence-corrected chi connectivity index (χ0v) is 17.1. The van der Waals surface area contributed by atoms with Gasteiger partial charge in [0.1, 0.15) is 0 Å². The van der Waals surface area contributed by atoms with Gasteiger partial charge in [0.25, 0.3) is 17.7 Å². The lowest BCUT2D eigenvalue weighted by molar-refractivity contribution is -0.149. The molecule has 8 heteroatoms. The lowest BCUT2D eigenvalue weighted by Gasteiger charge is -2.13. The van der Waals surface area contributed by atoms with Crippen LogP contribution in [0.1, 0.15) is 44.7 Å². The molecule has 2 aromatic carbocycles. The maximum Gasteiger partial charge on any atom is 0.306 e. The van der Waals surface area contributed by atoms with E-state index in [9.17, 15) is 24.0 Å². The van der Waals surface area contributed by atoms with E-state index in [1.807, 2.05) is 13.0 Å². The molecule has 2 aromatic rings. The van der Waals surface area contributed by atoms with E-state index in [1.165, 1.54) is 0 Å². The molecule has 1 aliphatic rings. The minimum atomic E-state index is -0.718. The van der Waals surface area contributed by atoms with Crippen LogP contribution in [0.4, 0.5) is 0 Å². The third-order valence-corrected chi connectivity index (χ3v) is 4.74. The van der Waals surface area contributed by atoms with Crippen molar-refractivity contribution in [2.75, 3.05) is 13.2 Å². The van der Waals surface area contributed by atoms with Gasteiger partial charge < -0.3 is 4.74 Å². The van der Waals surface area contributed by atoms with Crippen LogP contribution in [0.5, 0.6) is 0 Å². The van der Waals surface area contributed by atoms with Gasteiger partial charge in [-0.3, -0.25) is 34.2 Å². The number of carbonyl (C=O) groups is 5. The second-order valence-corrected chi connectivity index (χ2v) is 7.21. The number of fused-ring (bicyclic) bond motifs is 1. The van der Waals surface area contributed by atoms with Gasteiger partial charge in [-0.25, -0.2) is 0 Å². The van der Waals surface area contributed by atoms with Crippen LogP contribution >= 0.6 is 0 Å². The van der Waals surface area contributed by atoms with E-state index >= 15 is 0 Å². The first-order valence-corrected chi connectivity index (χ1v) is 9.84. The normalized spacial score (nSPS) is 12.5. The summed E-state index contributed by atoms with van der Waals surface area (Å²) in [5.41, 5.74) is 2.36. The topological polar surface area (TPSA) is 110 Å².